The van der Waals surface area contributed by atoms with Crippen LogP contribution in [0.15, 0.2) is 66.7 Å². The highest BCUT2D eigenvalue weighted by Gasteiger charge is 2.15. The van der Waals surface area contributed by atoms with Gasteiger partial charge in [-0.2, -0.15) is 0 Å². The fourth-order valence-electron chi connectivity index (χ4n) is 2.43. The fraction of sp³-hybridized carbons (Fsp3) is 0. The minimum Gasteiger partial charge on any atom is -0.423 e. The molecule has 0 fully saturated rings. The van der Waals surface area contributed by atoms with Crippen molar-refractivity contribution in [1.82, 2.24) is 0 Å². The van der Waals surface area contributed by atoms with Crippen molar-refractivity contribution < 1.29 is 28.9 Å². The van der Waals surface area contributed by atoms with Gasteiger partial charge in [-0.05, 0) is 36.4 Å². The zero-order valence-electron chi connectivity index (χ0n) is 15.4. The Balaban J connectivity index is 1.73. The molecule has 0 aliphatic rings. The third kappa shape index (κ3) is 5.40. The average molecular weight is 443 g/mol. The first-order valence-electron chi connectivity index (χ1n) is 8.47. The molecule has 0 spiro atoms. The molecule has 3 aromatic rings. The molecule has 0 N–H and O–H groups in total. The van der Waals surface area contributed by atoms with Crippen LogP contribution in [0.2, 0.25) is 5.02 Å². The summed E-state index contributed by atoms with van der Waals surface area (Å²) in [5, 5.41) is 21.5. The van der Waals surface area contributed by atoms with E-state index < -0.39 is 21.8 Å². The number of nitro groups is 2. The molecule has 0 atom stereocenters. The molecule has 0 amide bonds. The monoisotopic (exact) mass is 442 g/mol. The smallest absolute Gasteiger partial charge is 0.343 e. The molecular formula is C20H11ClN2O8. The van der Waals surface area contributed by atoms with Gasteiger partial charge in [0.05, 0.1) is 21.0 Å². The van der Waals surface area contributed by atoms with E-state index in [0.29, 0.717) is 0 Å². The van der Waals surface area contributed by atoms with Crippen LogP contribution in [0.1, 0.15) is 20.7 Å². The Morgan fingerprint density at radius 1 is 0.677 bits per heavy atom. The van der Waals surface area contributed by atoms with E-state index in [1.54, 1.807) is 0 Å². The lowest BCUT2D eigenvalue weighted by Crippen LogP contribution is -2.10. The summed E-state index contributed by atoms with van der Waals surface area (Å²) in [6.45, 7) is 0. The summed E-state index contributed by atoms with van der Waals surface area (Å²) < 4.78 is 10.4. The number of carbonyl (C=O) groups excluding carboxylic acids is 2. The van der Waals surface area contributed by atoms with Crippen LogP contribution in [0.5, 0.6) is 11.5 Å². The van der Waals surface area contributed by atoms with Crippen molar-refractivity contribution in [3.8, 4) is 11.5 Å². The van der Waals surface area contributed by atoms with Gasteiger partial charge < -0.3 is 9.47 Å². The van der Waals surface area contributed by atoms with Gasteiger partial charge >= 0.3 is 11.9 Å². The van der Waals surface area contributed by atoms with E-state index in [1.165, 1.54) is 42.5 Å². The SMILES string of the molecule is O=C(Oc1cc(Cl)cc(OC(=O)c2ccc([N+](=O)[O-])cc2)c1)c1ccc([N+](=O)[O-])cc1. The molecule has 0 unspecified atom stereocenters. The highest BCUT2D eigenvalue weighted by atomic mass is 35.5. The van der Waals surface area contributed by atoms with Crippen LogP contribution in [0.25, 0.3) is 0 Å². The number of hydrogen-bond acceptors (Lipinski definition) is 8. The number of esters is 2. The topological polar surface area (TPSA) is 139 Å². The van der Waals surface area contributed by atoms with E-state index >= 15 is 0 Å². The van der Waals surface area contributed by atoms with Crippen molar-refractivity contribution in [2.75, 3.05) is 0 Å². The van der Waals surface area contributed by atoms with Gasteiger partial charge in [0.2, 0.25) is 0 Å². The first-order valence-corrected chi connectivity index (χ1v) is 8.84. The molecule has 0 heterocycles. The first kappa shape index (κ1) is 21.4. The second-order valence-corrected chi connectivity index (χ2v) is 6.45. The molecule has 3 rings (SSSR count). The van der Waals surface area contributed by atoms with Crippen LogP contribution in [0.4, 0.5) is 11.4 Å². The Bertz CT molecular complexity index is 1090. The van der Waals surface area contributed by atoms with Gasteiger partial charge in [-0.15, -0.1) is 0 Å². The summed E-state index contributed by atoms with van der Waals surface area (Å²) in [7, 11) is 0. The predicted octanol–water partition coefficient (Wildman–Crippen LogP) is 4.59. The summed E-state index contributed by atoms with van der Waals surface area (Å²) >= 11 is 5.99. The maximum absolute atomic E-state index is 12.3. The number of non-ortho nitro benzene ring substituents is 2. The number of hydrogen-bond donors (Lipinski definition) is 0. The molecular weight excluding hydrogens is 432 g/mol. The average Bonchev–Trinajstić information content (AvgIpc) is 2.73. The molecule has 0 aliphatic carbocycles. The number of nitrogens with zero attached hydrogens (tertiary/aromatic N) is 2. The van der Waals surface area contributed by atoms with Crippen molar-refractivity contribution in [3.63, 3.8) is 0 Å². The van der Waals surface area contributed by atoms with Gasteiger partial charge in [-0.25, -0.2) is 9.59 Å². The molecule has 31 heavy (non-hydrogen) atoms. The lowest BCUT2D eigenvalue weighted by molar-refractivity contribution is -0.385. The van der Waals surface area contributed by atoms with E-state index in [-0.39, 0.29) is 39.0 Å². The number of benzene rings is 3. The van der Waals surface area contributed by atoms with Gasteiger partial charge in [0.1, 0.15) is 11.5 Å². The maximum atomic E-state index is 12.3. The maximum Gasteiger partial charge on any atom is 0.343 e. The van der Waals surface area contributed by atoms with Crippen LogP contribution >= 0.6 is 11.6 Å². The highest BCUT2D eigenvalue weighted by Crippen LogP contribution is 2.28. The molecule has 156 valence electrons. The van der Waals surface area contributed by atoms with Crippen molar-refractivity contribution in [1.29, 1.82) is 0 Å². The summed E-state index contributed by atoms with van der Waals surface area (Å²) in [5.74, 6) is -1.65. The molecule has 0 saturated carbocycles. The summed E-state index contributed by atoms with van der Waals surface area (Å²) in [5.41, 5.74) is -0.232. The zero-order chi connectivity index (χ0) is 22.5. The number of nitro benzene ring substituents is 2. The van der Waals surface area contributed by atoms with E-state index in [9.17, 15) is 29.8 Å². The second-order valence-electron chi connectivity index (χ2n) is 6.01. The van der Waals surface area contributed by atoms with Gasteiger partial charge in [0.15, 0.2) is 0 Å². The quantitative estimate of drug-likeness (QED) is 0.233. The number of ether oxygens (including phenoxy) is 2. The van der Waals surface area contributed by atoms with Crippen molar-refractivity contribution in [3.05, 3.63) is 103 Å². The zero-order valence-corrected chi connectivity index (χ0v) is 16.1. The number of halogens is 1. The molecule has 0 saturated heterocycles. The van der Waals surface area contributed by atoms with Crippen LogP contribution in [-0.4, -0.2) is 21.8 Å². The van der Waals surface area contributed by atoms with E-state index in [4.69, 9.17) is 21.1 Å². The molecule has 10 nitrogen and oxygen atoms in total. The Labute approximate surface area is 178 Å². The van der Waals surface area contributed by atoms with Gasteiger partial charge in [-0.1, -0.05) is 11.6 Å². The van der Waals surface area contributed by atoms with Crippen molar-refractivity contribution in [2.24, 2.45) is 0 Å². The number of carbonyl (C=O) groups is 2. The lowest BCUT2D eigenvalue weighted by atomic mass is 10.2. The summed E-state index contributed by atoms with van der Waals surface area (Å²) in [4.78, 5) is 44.7. The van der Waals surface area contributed by atoms with Crippen LogP contribution in [0, 0.1) is 20.2 Å². The van der Waals surface area contributed by atoms with Gasteiger partial charge in [0, 0.05) is 35.4 Å². The van der Waals surface area contributed by atoms with E-state index in [1.807, 2.05) is 0 Å². The summed E-state index contributed by atoms with van der Waals surface area (Å²) in [6, 6.07) is 13.5. The molecule has 3 aromatic carbocycles. The lowest BCUT2D eigenvalue weighted by Gasteiger charge is -2.09. The fourth-order valence-corrected chi connectivity index (χ4v) is 2.64. The summed E-state index contributed by atoms with van der Waals surface area (Å²) in [6.07, 6.45) is 0. The Kier molecular flexibility index (Phi) is 6.22. The largest absolute Gasteiger partial charge is 0.423 e. The third-order valence-electron chi connectivity index (χ3n) is 3.89. The van der Waals surface area contributed by atoms with Gasteiger partial charge in [0.25, 0.3) is 11.4 Å². The molecule has 0 aliphatic heterocycles. The van der Waals surface area contributed by atoms with E-state index in [0.717, 1.165) is 24.3 Å². The standard InChI is InChI=1S/C20H11ClN2O8/c21-14-9-17(30-19(24)12-1-5-15(6-2-12)22(26)27)11-18(10-14)31-20(25)13-3-7-16(8-4-13)23(28)29/h1-11H. The van der Waals surface area contributed by atoms with Crippen molar-refractivity contribution in [2.45, 2.75) is 0 Å². The molecule has 0 aromatic heterocycles. The molecule has 0 radical (unpaired) electrons. The number of rotatable bonds is 6. The molecule has 0 bridgehead atoms. The minimum absolute atomic E-state index is 0.0256. The van der Waals surface area contributed by atoms with Crippen LogP contribution in [0.3, 0.4) is 0 Å². The normalized spacial score (nSPS) is 10.2. The molecule has 11 heteroatoms. The Morgan fingerprint density at radius 2 is 1.03 bits per heavy atom. The first-order chi connectivity index (χ1) is 14.7. The minimum atomic E-state index is -0.801. The second kappa shape index (κ2) is 9.01. The highest BCUT2D eigenvalue weighted by molar-refractivity contribution is 6.30. The van der Waals surface area contributed by atoms with Crippen LogP contribution in [-0.2, 0) is 0 Å². The Hall–Kier alpha value is -4.31. The third-order valence-corrected chi connectivity index (χ3v) is 4.11. The van der Waals surface area contributed by atoms with Crippen molar-refractivity contribution >= 4 is 34.9 Å². The van der Waals surface area contributed by atoms with Crippen LogP contribution < -0.4 is 9.47 Å². The Morgan fingerprint density at radius 3 is 1.35 bits per heavy atom. The van der Waals surface area contributed by atoms with Gasteiger partial charge in [-0.3, -0.25) is 20.2 Å². The van der Waals surface area contributed by atoms with E-state index in [2.05, 4.69) is 0 Å². The predicted molar refractivity (Wildman–Crippen MR) is 108 cm³/mol.